The van der Waals surface area contributed by atoms with Crippen molar-refractivity contribution >= 4 is 21.8 Å². The normalized spacial score (nSPS) is 13.3. The van der Waals surface area contributed by atoms with E-state index in [9.17, 15) is 4.79 Å². The van der Waals surface area contributed by atoms with Gasteiger partial charge in [0.15, 0.2) is 0 Å². The summed E-state index contributed by atoms with van der Waals surface area (Å²) in [6.07, 6.45) is 0. The predicted molar refractivity (Wildman–Crippen MR) is 79.9 cm³/mol. The van der Waals surface area contributed by atoms with E-state index in [1.165, 1.54) is 0 Å². The quantitative estimate of drug-likeness (QED) is 0.799. The second-order valence-corrected chi connectivity index (χ2v) is 6.78. The van der Waals surface area contributed by atoms with Gasteiger partial charge in [-0.1, -0.05) is 42.8 Å². The van der Waals surface area contributed by atoms with Crippen molar-refractivity contribution in [3.05, 3.63) is 33.8 Å². The molecule has 1 unspecified atom stereocenters. The molecule has 0 saturated heterocycles. The minimum Gasteiger partial charge on any atom is -0.338 e. The molecule has 1 atom stereocenters. The minimum atomic E-state index is 0.0677. The van der Waals surface area contributed by atoms with Crippen LogP contribution in [0.25, 0.3) is 0 Å². The third-order valence-electron chi connectivity index (χ3n) is 3.57. The molecule has 0 spiro atoms. The lowest BCUT2D eigenvalue weighted by Crippen LogP contribution is -2.42. The zero-order valence-electron chi connectivity index (χ0n) is 12.0. The third kappa shape index (κ3) is 3.35. The van der Waals surface area contributed by atoms with E-state index in [1.54, 1.807) is 0 Å². The third-order valence-corrected chi connectivity index (χ3v) is 4.43. The van der Waals surface area contributed by atoms with Gasteiger partial charge in [0.1, 0.15) is 0 Å². The van der Waals surface area contributed by atoms with E-state index in [0.717, 1.165) is 15.6 Å². The molecule has 0 aromatic heterocycles. The zero-order valence-corrected chi connectivity index (χ0v) is 13.6. The van der Waals surface area contributed by atoms with Gasteiger partial charge in [-0.15, -0.1) is 0 Å². The average Bonchev–Trinajstić information content (AvgIpc) is 2.28. The summed E-state index contributed by atoms with van der Waals surface area (Å²) in [6.45, 7) is 10.5. The summed E-state index contributed by atoms with van der Waals surface area (Å²) in [5.74, 6) is 0.0677. The standard InChI is InChI=1S/C15H22BrNO/c1-10-7-8-12(9-13(10)16)14(18)17(6)11(2)15(3,4)5/h7-9,11H,1-6H3. The number of carbonyl (C=O) groups excluding carboxylic acids is 1. The van der Waals surface area contributed by atoms with Crippen molar-refractivity contribution in [2.24, 2.45) is 5.41 Å². The molecule has 1 rings (SSSR count). The van der Waals surface area contributed by atoms with E-state index >= 15 is 0 Å². The van der Waals surface area contributed by atoms with E-state index in [1.807, 2.05) is 37.1 Å². The van der Waals surface area contributed by atoms with Crippen molar-refractivity contribution in [3.8, 4) is 0 Å². The number of nitrogens with zero attached hydrogens (tertiary/aromatic N) is 1. The second kappa shape index (κ2) is 5.43. The lowest BCUT2D eigenvalue weighted by molar-refractivity contribution is 0.0629. The number of amides is 1. The molecule has 0 aliphatic rings. The molecule has 18 heavy (non-hydrogen) atoms. The highest BCUT2D eigenvalue weighted by atomic mass is 79.9. The van der Waals surface area contributed by atoms with Crippen LogP contribution in [0, 0.1) is 12.3 Å². The molecule has 0 aliphatic carbocycles. The van der Waals surface area contributed by atoms with Crippen molar-refractivity contribution in [1.29, 1.82) is 0 Å². The van der Waals surface area contributed by atoms with Crippen LogP contribution in [0.4, 0.5) is 0 Å². The largest absolute Gasteiger partial charge is 0.338 e. The Labute approximate surface area is 119 Å². The molecule has 1 amide bonds. The summed E-state index contributed by atoms with van der Waals surface area (Å²) in [5, 5.41) is 0. The van der Waals surface area contributed by atoms with Crippen LogP contribution in [0.3, 0.4) is 0 Å². The first-order valence-corrected chi connectivity index (χ1v) is 6.97. The maximum absolute atomic E-state index is 12.4. The average molecular weight is 312 g/mol. The van der Waals surface area contributed by atoms with Crippen molar-refractivity contribution < 1.29 is 4.79 Å². The molecule has 0 radical (unpaired) electrons. The van der Waals surface area contributed by atoms with Gasteiger partial charge in [-0.05, 0) is 37.0 Å². The lowest BCUT2D eigenvalue weighted by atomic mass is 9.87. The van der Waals surface area contributed by atoms with Crippen LogP contribution in [0.15, 0.2) is 22.7 Å². The molecular formula is C15H22BrNO. The summed E-state index contributed by atoms with van der Waals surface area (Å²) in [4.78, 5) is 14.2. The topological polar surface area (TPSA) is 20.3 Å². The Balaban J connectivity index is 2.97. The van der Waals surface area contributed by atoms with E-state index in [2.05, 4.69) is 43.6 Å². The molecule has 1 aromatic rings. The van der Waals surface area contributed by atoms with E-state index < -0.39 is 0 Å². The smallest absolute Gasteiger partial charge is 0.253 e. The zero-order chi connectivity index (χ0) is 14.1. The van der Waals surface area contributed by atoms with Gasteiger partial charge in [-0.2, -0.15) is 0 Å². The van der Waals surface area contributed by atoms with Gasteiger partial charge >= 0.3 is 0 Å². The first-order chi connectivity index (χ1) is 8.14. The van der Waals surface area contributed by atoms with Crippen LogP contribution in [0.5, 0.6) is 0 Å². The highest BCUT2D eigenvalue weighted by Gasteiger charge is 2.27. The van der Waals surface area contributed by atoms with Crippen LogP contribution in [-0.2, 0) is 0 Å². The highest BCUT2D eigenvalue weighted by molar-refractivity contribution is 9.10. The van der Waals surface area contributed by atoms with Gasteiger partial charge < -0.3 is 4.90 Å². The number of hydrogen-bond acceptors (Lipinski definition) is 1. The van der Waals surface area contributed by atoms with Crippen LogP contribution < -0.4 is 0 Å². The molecule has 0 bridgehead atoms. The minimum absolute atomic E-state index is 0.0677. The molecule has 0 N–H and O–H groups in total. The van der Waals surface area contributed by atoms with Gasteiger partial charge in [0.05, 0.1) is 0 Å². The number of benzene rings is 1. The van der Waals surface area contributed by atoms with Crippen LogP contribution >= 0.6 is 15.9 Å². The summed E-state index contributed by atoms with van der Waals surface area (Å²) >= 11 is 3.47. The van der Waals surface area contributed by atoms with Gasteiger partial charge in [-0.25, -0.2) is 0 Å². The SMILES string of the molecule is Cc1ccc(C(=O)N(C)C(C)C(C)(C)C)cc1Br. The van der Waals surface area contributed by atoms with Gasteiger partial charge in [0.2, 0.25) is 0 Å². The van der Waals surface area contributed by atoms with E-state index in [-0.39, 0.29) is 17.4 Å². The number of carbonyl (C=O) groups is 1. The molecule has 1 aromatic carbocycles. The molecular weight excluding hydrogens is 290 g/mol. The van der Waals surface area contributed by atoms with E-state index in [0.29, 0.717) is 0 Å². The number of aryl methyl sites for hydroxylation is 1. The van der Waals surface area contributed by atoms with Crippen molar-refractivity contribution in [2.75, 3.05) is 7.05 Å². The molecule has 0 aliphatic heterocycles. The Morgan fingerprint density at radius 1 is 1.33 bits per heavy atom. The van der Waals surface area contributed by atoms with Gasteiger partial charge in [0.25, 0.3) is 5.91 Å². The Morgan fingerprint density at radius 3 is 2.33 bits per heavy atom. The fourth-order valence-corrected chi connectivity index (χ4v) is 2.07. The van der Waals surface area contributed by atoms with Crippen LogP contribution in [0.1, 0.15) is 43.6 Å². The van der Waals surface area contributed by atoms with Crippen LogP contribution in [-0.4, -0.2) is 23.9 Å². The maximum atomic E-state index is 12.4. The molecule has 0 fully saturated rings. The van der Waals surface area contributed by atoms with E-state index in [4.69, 9.17) is 0 Å². The van der Waals surface area contributed by atoms with Gasteiger partial charge in [0, 0.05) is 23.1 Å². The molecule has 2 nitrogen and oxygen atoms in total. The Kier molecular flexibility index (Phi) is 4.60. The van der Waals surface area contributed by atoms with Crippen molar-refractivity contribution in [3.63, 3.8) is 0 Å². The van der Waals surface area contributed by atoms with Crippen LogP contribution in [0.2, 0.25) is 0 Å². The first kappa shape index (κ1) is 15.2. The fourth-order valence-electron chi connectivity index (χ4n) is 1.69. The summed E-state index contributed by atoms with van der Waals surface area (Å²) in [7, 11) is 1.87. The fraction of sp³-hybridized carbons (Fsp3) is 0.533. The Hall–Kier alpha value is -0.830. The van der Waals surface area contributed by atoms with Gasteiger partial charge in [-0.3, -0.25) is 4.79 Å². The highest BCUT2D eigenvalue weighted by Crippen LogP contribution is 2.25. The predicted octanol–water partition coefficient (Wildman–Crippen LogP) is 4.26. The second-order valence-electron chi connectivity index (χ2n) is 5.92. The molecule has 100 valence electrons. The number of halogens is 1. The number of hydrogen-bond donors (Lipinski definition) is 0. The summed E-state index contributed by atoms with van der Waals surface area (Å²) in [5.41, 5.74) is 1.94. The summed E-state index contributed by atoms with van der Waals surface area (Å²) in [6, 6.07) is 5.93. The van der Waals surface area contributed by atoms with Crippen molar-refractivity contribution in [1.82, 2.24) is 4.90 Å². The number of rotatable bonds is 2. The van der Waals surface area contributed by atoms with Crippen molar-refractivity contribution in [2.45, 2.75) is 40.7 Å². The Bertz CT molecular complexity index is 448. The maximum Gasteiger partial charge on any atom is 0.253 e. The first-order valence-electron chi connectivity index (χ1n) is 6.18. The molecule has 0 heterocycles. The lowest BCUT2D eigenvalue weighted by Gasteiger charge is -2.35. The molecule has 3 heteroatoms. The molecule has 0 saturated carbocycles. The monoisotopic (exact) mass is 311 g/mol. The summed E-state index contributed by atoms with van der Waals surface area (Å²) < 4.78 is 0.977. The Morgan fingerprint density at radius 2 is 1.89 bits per heavy atom.